The Morgan fingerprint density at radius 2 is 2.33 bits per heavy atom. The molecule has 2 atom stereocenters. The number of rotatable bonds is 2. The first-order valence-electron chi connectivity index (χ1n) is 5.89. The van der Waals surface area contributed by atoms with E-state index in [4.69, 9.17) is 15.2 Å². The third kappa shape index (κ3) is 3.14. The highest BCUT2D eigenvalue weighted by atomic mass is 16.5. The maximum atomic E-state index is 6.28. The van der Waals surface area contributed by atoms with Gasteiger partial charge in [-0.05, 0) is 19.8 Å². The lowest BCUT2D eigenvalue weighted by molar-refractivity contribution is 0.0634. The molecule has 2 unspecified atom stereocenters. The molecule has 0 aromatic rings. The quantitative estimate of drug-likeness (QED) is 0.714. The van der Waals surface area contributed by atoms with Crippen LogP contribution in [0, 0.1) is 0 Å². The molecular formula is C11H22N2O2. The van der Waals surface area contributed by atoms with Gasteiger partial charge in [0.2, 0.25) is 0 Å². The molecule has 4 nitrogen and oxygen atoms in total. The van der Waals surface area contributed by atoms with Crippen LogP contribution < -0.4 is 5.73 Å². The number of nitrogens with two attached hydrogens (primary N) is 1. The van der Waals surface area contributed by atoms with Crippen LogP contribution in [-0.2, 0) is 9.47 Å². The summed E-state index contributed by atoms with van der Waals surface area (Å²) in [5.41, 5.74) is 6.16. The smallest absolute Gasteiger partial charge is 0.0673 e. The first-order valence-corrected chi connectivity index (χ1v) is 5.89. The largest absolute Gasteiger partial charge is 0.379 e. The lowest BCUT2D eigenvalue weighted by Crippen LogP contribution is -2.51. The van der Waals surface area contributed by atoms with Gasteiger partial charge in [0, 0.05) is 32.8 Å². The summed E-state index contributed by atoms with van der Waals surface area (Å²) >= 11 is 0. The lowest BCUT2D eigenvalue weighted by Gasteiger charge is -2.31. The van der Waals surface area contributed by atoms with Crippen molar-refractivity contribution in [3.8, 4) is 0 Å². The molecule has 0 aliphatic carbocycles. The minimum atomic E-state index is -0.121. The van der Waals surface area contributed by atoms with Gasteiger partial charge in [-0.3, -0.25) is 4.90 Å². The highest BCUT2D eigenvalue weighted by Crippen LogP contribution is 2.18. The molecule has 15 heavy (non-hydrogen) atoms. The van der Waals surface area contributed by atoms with E-state index < -0.39 is 0 Å². The number of ether oxygens (including phenoxy) is 2. The van der Waals surface area contributed by atoms with Crippen LogP contribution in [0.1, 0.15) is 19.8 Å². The third-order valence-corrected chi connectivity index (χ3v) is 3.21. The Morgan fingerprint density at radius 1 is 1.47 bits per heavy atom. The summed E-state index contributed by atoms with van der Waals surface area (Å²) in [6, 6.07) is 0. The molecule has 0 radical (unpaired) electrons. The van der Waals surface area contributed by atoms with E-state index in [-0.39, 0.29) is 5.54 Å². The zero-order valence-corrected chi connectivity index (χ0v) is 9.58. The molecule has 2 aliphatic heterocycles. The SMILES string of the molecule is CC1CN(CC2(N)CCOC2)CCCO1. The Bertz CT molecular complexity index is 205. The first kappa shape index (κ1) is 11.3. The second kappa shape index (κ2) is 4.78. The number of hydrogen-bond donors (Lipinski definition) is 1. The first-order chi connectivity index (χ1) is 7.18. The Hall–Kier alpha value is -0.160. The predicted octanol–water partition coefficient (Wildman–Crippen LogP) is 0.215. The molecule has 4 heteroatoms. The zero-order valence-electron chi connectivity index (χ0n) is 9.58. The van der Waals surface area contributed by atoms with Crippen LogP contribution in [0.3, 0.4) is 0 Å². The minimum absolute atomic E-state index is 0.121. The van der Waals surface area contributed by atoms with Crippen LogP contribution >= 0.6 is 0 Å². The maximum absolute atomic E-state index is 6.28. The third-order valence-electron chi connectivity index (χ3n) is 3.21. The minimum Gasteiger partial charge on any atom is -0.379 e. The number of nitrogens with zero attached hydrogens (tertiary/aromatic N) is 1. The van der Waals surface area contributed by atoms with Crippen LogP contribution in [0.15, 0.2) is 0 Å². The van der Waals surface area contributed by atoms with Crippen molar-refractivity contribution in [3.63, 3.8) is 0 Å². The Labute approximate surface area is 91.7 Å². The fraction of sp³-hybridized carbons (Fsp3) is 1.00. The molecule has 0 aromatic heterocycles. The molecule has 2 N–H and O–H groups in total. The monoisotopic (exact) mass is 214 g/mol. The van der Waals surface area contributed by atoms with E-state index in [0.29, 0.717) is 12.7 Å². The van der Waals surface area contributed by atoms with Gasteiger partial charge in [0.05, 0.1) is 18.2 Å². The Balaban J connectivity index is 1.86. The van der Waals surface area contributed by atoms with E-state index in [1.54, 1.807) is 0 Å². The molecule has 0 saturated carbocycles. The molecule has 2 heterocycles. The molecule has 2 saturated heterocycles. The van der Waals surface area contributed by atoms with E-state index in [0.717, 1.165) is 45.7 Å². The van der Waals surface area contributed by atoms with Crippen LogP contribution in [0.5, 0.6) is 0 Å². The van der Waals surface area contributed by atoms with Crippen molar-refractivity contribution in [1.29, 1.82) is 0 Å². The normalized spacial score (nSPS) is 39.2. The number of hydrogen-bond acceptors (Lipinski definition) is 4. The van der Waals surface area contributed by atoms with Crippen molar-refractivity contribution in [2.45, 2.75) is 31.4 Å². The molecule has 2 fully saturated rings. The fourth-order valence-electron chi connectivity index (χ4n) is 2.42. The average Bonchev–Trinajstić information content (AvgIpc) is 2.49. The topological polar surface area (TPSA) is 47.7 Å². The zero-order chi connectivity index (χ0) is 10.7. The van der Waals surface area contributed by atoms with Crippen LogP contribution in [0.4, 0.5) is 0 Å². The lowest BCUT2D eigenvalue weighted by atomic mass is 9.99. The van der Waals surface area contributed by atoms with Gasteiger partial charge in [0.25, 0.3) is 0 Å². The van der Waals surface area contributed by atoms with Crippen molar-refractivity contribution in [2.24, 2.45) is 5.73 Å². The second-order valence-corrected chi connectivity index (χ2v) is 4.94. The van der Waals surface area contributed by atoms with Crippen LogP contribution in [-0.4, -0.2) is 56.0 Å². The van der Waals surface area contributed by atoms with Crippen molar-refractivity contribution in [2.75, 3.05) is 39.5 Å². The molecule has 88 valence electrons. The summed E-state index contributed by atoms with van der Waals surface area (Å²) in [6.07, 6.45) is 2.43. The fourth-order valence-corrected chi connectivity index (χ4v) is 2.42. The molecule has 2 rings (SSSR count). The summed E-state index contributed by atoms with van der Waals surface area (Å²) in [7, 11) is 0. The van der Waals surface area contributed by atoms with E-state index in [1.807, 2.05) is 0 Å². The predicted molar refractivity (Wildman–Crippen MR) is 58.8 cm³/mol. The van der Waals surface area contributed by atoms with E-state index >= 15 is 0 Å². The standard InChI is InChI=1S/C11H22N2O2/c1-10-7-13(4-2-5-15-10)8-11(12)3-6-14-9-11/h10H,2-9,12H2,1H3. The van der Waals surface area contributed by atoms with Gasteiger partial charge in [-0.2, -0.15) is 0 Å². The van der Waals surface area contributed by atoms with Crippen LogP contribution in [0.25, 0.3) is 0 Å². The summed E-state index contributed by atoms with van der Waals surface area (Å²) < 4.78 is 11.0. The summed E-state index contributed by atoms with van der Waals surface area (Å²) in [5.74, 6) is 0. The van der Waals surface area contributed by atoms with Crippen molar-refractivity contribution in [3.05, 3.63) is 0 Å². The second-order valence-electron chi connectivity index (χ2n) is 4.94. The van der Waals surface area contributed by atoms with Gasteiger partial charge in [-0.25, -0.2) is 0 Å². The van der Waals surface area contributed by atoms with Gasteiger partial charge >= 0.3 is 0 Å². The Morgan fingerprint density at radius 3 is 3.07 bits per heavy atom. The van der Waals surface area contributed by atoms with Gasteiger partial charge < -0.3 is 15.2 Å². The van der Waals surface area contributed by atoms with E-state index in [2.05, 4.69) is 11.8 Å². The molecule has 0 bridgehead atoms. The van der Waals surface area contributed by atoms with E-state index in [1.165, 1.54) is 0 Å². The Kier molecular flexibility index (Phi) is 3.61. The molecular weight excluding hydrogens is 192 g/mol. The highest BCUT2D eigenvalue weighted by molar-refractivity contribution is 4.91. The molecule has 0 amide bonds. The highest BCUT2D eigenvalue weighted by Gasteiger charge is 2.33. The maximum Gasteiger partial charge on any atom is 0.0673 e. The van der Waals surface area contributed by atoms with Crippen molar-refractivity contribution < 1.29 is 9.47 Å². The average molecular weight is 214 g/mol. The molecule has 2 aliphatic rings. The van der Waals surface area contributed by atoms with Crippen molar-refractivity contribution >= 4 is 0 Å². The van der Waals surface area contributed by atoms with Gasteiger partial charge in [0.15, 0.2) is 0 Å². The molecule has 0 spiro atoms. The van der Waals surface area contributed by atoms with Crippen molar-refractivity contribution in [1.82, 2.24) is 4.90 Å². The molecule has 0 aromatic carbocycles. The van der Waals surface area contributed by atoms with Gasteiger partial charge in [-0.1, -0.05) is 0 Å². The van der Waals surface area contributed by atoms with Gasteiger partial charge in [0.1, 0.15) is 0 Å². The van der Waals surface area contributed by atoms with Gasteiger partial charge in [-0.15, -0.1) is 0 Å². The van der Waals surface area contributed by atoms with Crippen LogP contribution in [0.2, 0.25) is 0 Å². The summed E-state index contributed by atoms with van der Waals surface area (Å²) in [4.78, 5) is 2.42. The van der Waals surface area contributed by atoms with E-state index in [9.17, 15) is 0 Å². The summed E-state index contributed by atoms with van der Waals surface area (Å²) in [5, 5.41) is 0. The summed E-state index contributed by atoms with van der Waals surface area (Å²) in [6.45, 7) is 7.58.